The van der Waals surface area contributed by atoms with Crippen LogP contribution in [0.25, 0.3) is 0 Å². The van der Waals surface area contributed by atoms with Crippen LogP contribution in [0.2, 0.25) is 0 Å². The van der Waals surface area contributed by atoms with Gasteiger partial charge in [0.2, 0.25) is 0 Å². The molecule has 0 heterocycles. The molecule has 0 unspecified atom stereocenters. The number of hydrogen-bond acceptors (Lipinski definition) is 1. The van der Waals surface area contributed by atoms with E-state index in [-0.39, 0.29) is 6.08 Å². The number of hydrogen-bond donors (Lipinski definition) is 0. The van der Waals surface area contributed by atoms with Gasteiger partial charge in [0.15, 0.2) is 0 Å². The van der Waals surface area contributed by atoms with Gasteiger partial charge in [-0.05, 0) is 24.5 Å². The zero-order valence-electron chi connectivity index (χ0n) is 7.51. The van der Waals surface area contributed by atoms with Crippen molar-refractivity contribution in [3.63, 3.8) is 0 Å². The number of benzene rings is 1. The normalized spacial score (nSPS) is 12.3. The molecule has 0 bridgehead atoms. The van der Waals surface area contributed by atoms with Crippen molar-refractivity contribution in [2.75, 3.05) is 0 Å². The second-order valence-corrected chi connectivity index (χ2v) is 3.75. The Labute approximate surface area is 84.8 Å². The van der Waals surface area contributed by atoms with Gasteiger partial charge in [0, 0.05) is 11.0 Å². The molecule has 0 nitrogen and oxygen atoms in total. The number of halogens is 3. The van der Waals surface area contributed by atoms with E-state index < -0.39 is 6.18 Å². The van der Waals surface area contributed by atoms with Crippen LogP contribution in [0.5, 0.6) is 0 Å². The van der Waals surface area contributed by atoms with Crippen molar-refractivity contribution in [1.29, 1.82) is 0 Å². The van der Waals surface area contributed by atoms with Crippen molar-refractivity contribution < 1.29 is 13.2 Å². The molecule has 1 rings (SSSR count). The Bertz CT molecular complexity index is 311. The Hall–Kier alpha value is -0.900. The van der Waals surface area contributed by atoms with Crippen LogP contribution in [0.1, 0.15) is 5.56 Å². The molecule has 0 atom stereocenters. The van der Waals surface area contributed by atoms with E-state index in [1.54, 1.807) is 12.1 Å². The lowest BCUT2D eigenvalue weighted by atomic mass is 10.2. The predicted octanol–water partition coefficient (Wildman–Crippen LogP) is 4.16. The van der Waals surface area contributed by atoms with Crippen LogP contribution in [-0.2, 0) is 0 Å². The number of alkyl halides is 3. The summed E-state index contributed by atoms with van der Waals surface area (Å²) in [6.45, 7) is 1.93. The molecule has 0 radical (unpaired) electrons. The van der Waals surface area contributed by atoms with E-state index in [9.17, 15) is 13.2 Å². The summed E-state index contributed by atoms with van der Waals surface area (Å²) in [5, 5.41) is 1.05. The van der Waals surface area contributed by atoms with Gasteiger partial charge in [0.05, 0.1) is 0 Å². The van der Waals surface area contributed by atoms with Crippen molar-refractivity contribution in [2.45, 2.75) is 18.0 Å². The average molecular weight is 218 g/mol. The molecule has 0 fully saturated rings. The van der Waals surface area contributed by atoms with Crippen LogP contribution in [-0.4, -0.2) is 6.18 Å². The molecule has 0 N–H and O–H groups in total. The molecule has 0 aliphatic carbocycles. The lowest BCUT2D eigenvalue weighted by Gasteiger charge is -1.98. The fourth-order valence-electron chi connectivity index (χ4n) is 0.807. The summed E-state index contributed by atoms with van der Waals surface area (Å²) in [6.07, 6.45) is -3.99. The average Bonchev–Trinajstić information content (AvgIpc) is 2.06. The van der Waals surface area contributed by atoms with Crippen LogP contribution >= 0.6 is 11.8 Å². The molecular formula is C10H9F3S. The van der Waals surface area contributed by atoms with Gasteiger partial charge in [-0.3, -0.25) is 0 Å². The molecule has 4 heteroatoms. The first-order chi connectivity index (χ1) is 6.47. The highest BCUT2D eigenvalue weighted by Gasteiger charge is 2.21. The van der Waals surface area contributed by atoms with Crippen LogP contribution < -0.4 is 0 Å². The van der Waals surface area contributed by atoms with Crippen LogP contribution in [0, 0.1) is 6.92 Å². The lowest BCUT2D eigenvalue weighted by molar-refractivity contribution is -0.0796. The quantitative estimate of drug-likeness (QED) is 0.671. The van der Waals surface area contributed by atoms with Gasteiger partial charge < -0.3 is 0 Å². The zero-order chi connectivity index (χ0) is 10.6. The van der Waals surface area contributed by atoms with Gasteiger partial charge >= 0.3 is 6.18 Å². The molecule has 0 aromatic heterocycles. The first-order valence-electron chi connectivity index (χ1n) is 3.95. The van der Waals surface area contributed by atoms with Gasteiger partial charge in [-0.25, -0.2) is 0 Å². The molecule has 1 aromatic carbocycles. The molecule has 0 amide bonds. The molecule has 1 aromatic rings. The Kier molecular flexibility index (Phi) is 3.63. The van der Waals surface area contributed by atoms with Gasteiger partial charge in [-0.1, -0.05) is 29.5 Å². The highest BCUT2D eigenvalue weighted by atomic mass is 32.2. The number of thioether (sulfide) groups is 1. The number of rotatable bonds is 2. The second-order valence-electron chi connectivity index (χ2n) is 2.78. The fraction of sp³-hybridized carbons (Fsp3) is 0.200. The second kappa shape index (κ2) is 4.55. The molecule has 14 heavy (non-hydrogen) atoms. The maximum atomic E-state index is 11.7. The Morgan fingerprint density at radius 2 is 1.71 bits per heavy atom. The highest BCUT2D eigenvalue weighted by Crippen LogP contribution is 2.23. The first-order valence-corrected chi connectivity index (χ1v) is 4.83. The van der Waals surface area contributed by atoms with Gasteiger partial charge in [0.1, 0.15) is 0 Å². The van der Waals surface area contributed by atoms with Gasteiger partial charge in [-0.2, -0.15) is 13.2 Å². The Morgan fingerprint density at radius 1 is 1.14 bits per heavy atom. The standard InChI is InChI=1S/C10H9F3S/c1-8-2-4-9(5-3-8)14-7-6-10(11,12)13/h2-7H,1H3/b7-6+. The molecule has 0 aliphatic heterocycles. The van der Waals surface area contributed by atoms with Crippen molar-refractivity contribution in [3.05, 3.63) is 41.3 Å². The number of aryl methyl sites for hydroxylation is 1. The minimum absolute atomic E-state index is 0.234. The maximum Gasteiger partial charge on any atom is 0.410 e. The molecular weight excluding hydrogens is 209 g/mol. The molecule has 0 aliphatic rings. The first kappa shape index (κ1) is 11.2. The Morgan fingerprint density at radius 3 is 2.21 bits per heavy atom. The lowest BCUT2D eigenvalue weighted by Crippen LogP contribution is -1.99. The van der Waals surface area contributed by atoms with E-state index in [4.69, 9.17) is 0 Å². The minimum atomic E-state index is -4.22. The van der Waals surface area contributed by atoms with E-state index >= 15 is 0 Å². The van der Waals surface area contributed by atoms with Crippen LogP contribution in [0.15, 0.2) is 40.6 Å². The summed E-state index contributed by atoms with van der Waals surface area (Å²) in [7, 11) is 0. The third-order valence-corrected chi connectivity index (χ3v) is 2.30. The summed E-state index contributed by atoms with van der Waals surface area (Å²) >= 11 is 1.06. The molecule has 0 saturated heterocycles. The van der Waals surface area contributed by atoms with E-state index in [2.05, 4.69) is 0 Å². The van der Waals surface area contributed by atoms with Crippen LogP contribution in [0.4, 0.5) is 13.2 Å². The minimum Gasteiger partial charge on any atom is -0.167 e. The van der Waals surface area contributed by atoms with E-state index in [1.165, 1.54) is 0 Å². The van der Waals surface area contributed by atoms with E-state index in [0.717, 1.165) is 27.6 Å². The van der Waals surface area contributed by atoms with Crippen molar-refractivity contribution in [3.8, 4) is 0 Å². The van der Waals surface area contributed by atoms with Gasteiger partial charge in [0.25, 0.3) is 0 Å². The topological polar surface area (TPSA) is 0 Å². The van der Waals surface area contributed by atoms with E-state index in [0.29, 0.717) is 0 Å². The summed E-state index contributed by atoms with van der Waals surface area (Å²) in [6, 6.07) is 7.31. The SMILES string of the molecule is Cc1ccc(S/C=C/C(F)(F)F)cc1. The summed E-state index contributed by atoms with van der Waals surface area (Å²) in [5.41, 5.74) is 1.09. The summed E-state index contributed by atoms with van der Waals surface area (Å²) in [4.78, 5) is 0.802. The third-order valence-electron chi connectivity index (χ3n) is 1.48. The van der Waals surface area contributed by atoms with Crippen LogP contribution in [0.3, 0.4) is 0 Å². The molecule has 76 valence electrons. The highest BCUT2D eigenvalue weighted by molar-refractivity contribution is 8.02. The van der Waals surface area contributed by atoms with Crippen molar-refractivity contribution in [1.82, 2.24) is 0 Å². The Balaban J connectivity index is 2.54. The monoisotopic (exact) mass is 218 g/mol. The zero-order valence-corrected chi connectivity index (χ0v) is 8.32. The molecule has 0 spiro atoms. The largest absolute Gasteiger partial charge is 0.410 e. The third kappa shape index (κ3) is 4.37. The summed E-state index contributed by atoms with van der Waals surface area (Å²) in [5.74, 6) is 0. The van der Waals surface area contributed by atoms with Gasteiger partial charge in [-0.15, -0.1) is 0 Å². The van der Waals surface area contributed by atoms with E-state index in [1.807, 2.05) is 19.1 Å². The fourth-order valence-corrected chi connectivity index (χ4v) is 1.48. The van der Waals surface area contributed by atoms with Crippen molar-refractivity contribution >= 4 is 11.8 Å². The predicted molar refractivity (Wildman–Crippen MR) is 52.2 cm³/mol. The molecule has 0 saturated carbocycles. The number of allylic oxidation sites excluding steroid dienone is 1. The maximum absolute atomic E-state index is 11.7. The summed E-state index contributed by atoms with van der Waals surface area (Å²) < 4.78 is 35.2. The smallest absolute Gasteiger partial charge is 0.167 e. The van der Waals surface area contributed by atoms with Crippen molar-refractivity contribution in [2.24, 2.45) is 0 Å².